The molecule has 3 aromatic rings. The Morgan fingerprint density at radius 3 is 2.54 bits per heavy atom. The molecule has 0 saturated carbocycles. The summed E-state index contributed by atoms with van der Waals surface area (Å²) in [5.74, 6) is -1.90. The third kappa shape index (κ3) is 2.62. The minimum atomic E-state index is -0.783. The second-order valence-electron chi connectivity index (χ2n) is 5.91. The monoisotopic (exact) mass is 375 g/mol. The lowest BCUT2D eigenvalue weighted by Crippen LogP contribution is -2.26. The van der Waals surface area contributed by atoms with E-state index < -0.39 is 17.6 Å². The molecule has 6 nitrogen and oxygen atoms in total. The third-order valence-electron chi connectivity index (χ3n) is 4.29. The molecule has 0 radical (unpaired) electrons. The molecule has 1 aliphatic rings. The molecule has 1 atom stereocenters. The van der Waals surface area contributed by atoms with Gasteiger partial charge in [-0.25, -0.2) is 8.78 Å². The van der Waals surface area contributed by atoms with Gasteiger partial charge in [-0.05, 0) is 31.2 Å². The number of halogens is 3. The van der Waals surface area contributed by atoms with Crippen molar-refractivity contribution in [2.75, 3.05) is 5.32 Å². The summed E-state index contributed by atoms with van der Waals surface area (Å²) in [6, 6.07) is 6.76. The number of anilines is 1. The Morgan fingerprint density at radius 1 is 1.15 bits per heavy atom. The van der Waals surface area contributed by atoms with Crippen LogP contribution >= 0.6 is 11.6 Å². The molecule has 0 saturated heterocycles. The minimum absolute atomic E-state index is 0.0797. The number of carbonyl (C=O) groups excluding carboxylic acids is 1. The number of hydrogen-bond acceptors (Lipinski definition) is 4. The van der Waals surface area contributed by atoms with Crippen LogP contribution in [-0.2, 0) is 4.79 Å². The van der Waals surface area contributed by atoms with Crippen LogP contribution in [0.5, 0.6) is 0 Å². The van der Waals surface area contributed by atoms with E-state index in [0.29, 0.717) is 22.9 Å². The van der Waals surface area contributed by atoms with Gasteiger partial charge in [0.15, 0.2) is 11.0 Å². The van der Waals surface area contributed by atoms with Crippen molar-refractivity contribution in [3.8, 4) is 5.82 Å². The number of fused-ring (bicyclic) bond motifs is 1. The summed E-state index contributed by atoms with van der Waals surface area (Å²) in [4.78, 5) is 12.2. The lowest BCUT2D eigenvalue weighted by molar-refractivity contribution is -0.116. The summed E-state index contributed by atoms with van der Waals surface area (Å²) in [7, 11) is 0. The van der Waals surface area contributed by atoms with Crippen LogP contribution in [0.1, 0.15) is 29.2 Å². The van der Waals surface area contributed by atoms with Crippen molar-refractivity contribution in [1.82, 2.24) is 20.0 Å². The van der Waals surface area contributed by atoms with E-state index in [4.69, 9.17) is 11.6 Å². The zero-order valence-corrected chi connectivity index (χ0v) is 14.3. The molecule has 0 aliphatic carbocycles. The lowest BCUT2D eigenvalue weighted by atomic mass is 9.85. The first-order chi connectivity index (χ1) is 12.5. The Hall–Kier alpha value is -2.87. The third-order valence-corrected chi connectivity index (χ3v) is 4.49. The Bertz CT molecular complexity index is 998. The van der Waals surface area contributed by atoms with Gasteiger partial charge in [0.2, 0.25) is 5.91 Å². The second-order valence-corrected chi connectivity index (χ2v) is 6.30. The summed E-state index contributed by atoms with van der Waals surface area (Å²) < 4.78 is 30.0. The van der Waals surface area contributed by atoms with Crippen LogP contribution in [0.15, 0.2) is 30.3 Å². The van der Waals surface area contributed by atoms with E-state index in [9.17, 15) is 13.6 Å². The average Bonchev–Trinajstić information content (AvgIpc) is 2.92. The van der Waals surface area contributed by atoms with E-state index >= 15 is 0 Å². The first kappa shape index (κ1) is 16.6. The van der Waals surface area contributed by atoms with Crippen LogP contribution < -0.4 is 5.32 Å². The first-order valence-corrected chi connectivity index (χ1v) is 8.16. The normalized spacial score (nSPS) is 16.3. The zero-order valence-electron chi connectivity index (χ0n) is 13.5. The maximum atomic E-state index is 14.3. The van der Waals surface area contributed by atoms with Gasteiger partial charge in [0, 0.05) is 23.5 Å². The number of hydrogen-bond donors (Lipinski definition) is 1. The number of nitrogens with one attached hydrogen (secondary N) is 1. The van der Waals surface area contributed by atoms with Crippen molar-refractivity contribution < 1.29 is 13.6 Å². The van der Waals surface area contributed by atoms with Gasteiger partial charge in [-0.3, -0.25) is 4.79 Å². The highest BCUT2D eigenvalue weighted by Gasteiger charge is 2.35. The van der Waals surface area contributed by atoms with Gasteiger partial charge < -0.3 is 5.32 Å². The number of rotatable bonds is 2. The van der Waals surface area contributed by atoms with Crippen LogP contribution in [0.25, 0.3) is 5.82 Å². The number of nitrogens with zero attached hydrogens (tertiary/aromatic N) is 4. The second kappa shape index (κ2) is 6.14. The number of aryl methyl sites for hydroxylation is 1. The van der Waals surface area contributed by atoms with Crippen LogP contribution in [0.4, 0.5) is 14.6 Å². The molecular formula is C17H12ClF2N5O. The quantitative estimate of drug-likeness (QED) is 0.745. The Balaban J connectivity index is 1.92. The molecule has 0 unspecified atom stereocenters. The van der Waals surface area contributed by atoms with Crippen LogP contribution in [0.3, 0.4) is 0 Å². The first-order valence-electron chi connectivity index (χ1n) is 7.78. The predicted molar refractivity (Wildman–Crippen MR) is 90.3 cm³/mol. The fourth-order valence-electron chi connectivity index (χ4n) is 3.23. The Labute approximate surface area is 151 Å². The highest BCUT2D eigenvalue weighted by atomic mass is 35.5. The van der Waals surface area contributed by atoms with Crippen LogP contribution in [-0.4, -0.2) is 25.9 Å². The highest BCUT2D eigenvalue weighted by Crippen LogP contribution is 2.41. The zero-order chi connectivity index (χ0) is 18.4. The van der Waals surface area contributed by atoms with Crippen molar-refractivity contribution >= 4 is 23.3 Å². The number of benzene rings is 1. The van der Waals surface area contributed by atoms with Gasteiger partial charge in [0.1, 0.15) is 17.5 Å². The molecule has 26 heavy (non-hydrogen) atoms. The molecule has 3 heterocycles. The largest absolute Gasteiger partial charge is 0.310 e. The SMILES string of the molecule is Cc1nn(-c2ccc(Cl)nn2)c2c1[C@@H](c1c(F)cccc1F)CC(=O)N2. The molecule has 1 aliphatic heterocycles. The van der Waals surface area contributed by atoms with E-state index in [-0.39, 0.29) is 23.0 Å². The summed E-state index contributed by atoms with van der Waals surface area (Å²) in [5, 5.41) is 15.0. The van der Waals surface area contributed by atoms with Gasteiger partial charge >= 0.3 is 0 Å². The van der Waals surface area contributed by atoms with E-state index in [1.165, 1.54) is 28.9 Å². The fourth-order valence-corrected chi connectivity index (χ4v) is 3.33. The molecule has 9 heteroatoms. The molecule has 1 N–H and O–H groups in total. The molecule has 132 valence electrons. The molecule has 0 bridgehead atoms. The number of aromatic nitrogens is 4. The minimum Gasteiger partial charge on any atom is -0.310 e. The van der Waals surface area contributed by atoms with Crippen LogP contribution in [0.2, 0.25) is 5.15 Å². The average molecular weight is 376 g/mol. The Morgan fingerprint density at radius 2 is 1.88 bits per heavy atom. The van der Waals surface area contributed by atoms with Crippen molar-refractivity contribution in [1.29, 1.82) is 0 Å². The maximum Gasteiger partial charge on any atom is 0.226 e. The molecule has 0 fully saturated rings. The van der Waals surface area contributed by atoms with E-state index in [1.807, 2.05) is 0 Å². The smallest absolute Gasteiger partial charge is 0.226 e. The van der Waals surface area contributed by atoms with Gasteiger partial charge in [-0.2, -0.15) is 9.78 Å². The van der Waals surface area contributed by atoms with Crippen molar-refractivity contribution in [3.05, 3.63) is 63.9 Å². The van der Waals surface area contributed by atoms with Crippen molar-refractivity contribution in [3.63, 3.8) is 0 Å². The van der Waals surface area contributed by atoms with Gasteiger partial charge in [-0.15, -0.1) is 10.2 Å². The van der Waals surface area contributed by atoms with E-state index in [0.717, 1.165) is 0 Å². The van der Waals surface area contributed by atoms with Gasteiger partial charge in [-0.1, -0.05) is 17.7 Å². The molecule has 2 aromatic heterocycles. The maximum absolute atomic E-state index is 14.3. The summed E-state index contributed by atoms with van der Waals surface area (Å²) >= 11 is 5.75. The lowest BCUT2D eigenvalue weighted by Gasteiger charge is -2.24. The molecule has 0 spiro atoms. The molecule has 1 amide bonds. The highest BCUT2D eigenvalue weighted by molar-refractivity contribution is 6.29. The fraction of sp³-hybridized carbons (Fsp3) is 0.176. The van der Waals surface area contributed by atoms with Crippen molar-refractivity contribution in [2.24, 2.45) is 0 Å². The van der Waals surface area contributed by atoms with Crippen molar-refractivity contribution in [2.45, 2.75) is 19.3 Å². The summed E-state index contributed by atoms with van der Waals surface area (Å²) in [5.41, 5.74) is 0.934. The van der Waals surface area contributed by atoms with Crippen LogP contribution in [0, 0.1) is 18.6 Å². The molecular weight excluding hydrogens is 364 g/mol. The van der Waals surface area contributed by atoms with E-state index in [2.05, 4.69) is 20.6 Å². The van der Waals surface area contributed by atoms with Gasteiger partial charge in [0.05, 0.1) is 5.69 Å². The number of carbonyl (C=O) groups is 1. The summed E-state index contributed by atoms with van der Waals surface area (Å²) in [6.07, 6.45) is -0.0797. The summed E-state index contributed by atoms with van der Waals surface area (Å²) in [6.45, 7) is 1.71. The van der Waals surface area contributed by atoms with Gasteiger partial charge in [0.25, 0.3) is 0 Å². The molecule has 1 aromatic carbocycles. The van der Waals surface area contributed by atoms with E-state index in [1.54, 1.807) is 13.0 Å². The standard InChI is InChI=1S/C17H12ClF2N5O/c1-8-15-9(16-10(19)3-2-4-11(16)20)7-14(26)21-17(15)25(24-8)13-6-5-12(18)22-23-13/h2-6,9H,7H2,1H3,(H,21,26)/t9-/m0/s1. The molecule has 4 rings (SSSR count). The Kier molecular flexibility index (Phi) is 3.91. The topological polar surface area (TPSA) is 72.7 Å². The number of amides is 1. The predicted octanol–water partition coefficient (Wildman–Crippen LogP) is 3.38.